The zero-order chi connectivity index (χ0) is 35.2. The van der Waals surface area contributed by atoms with Crippen LogP contribution < -0.4 is 9.46 Å². The monoisotopic (exact) mass is 724 g/mol. The second-order valence-electron chi connectivity index (χ2n) is 12.7. The summed E-state index contributed by atoms with van der Waals surface area (Å²) in [6.07, 6.45) is 1.96. The van der Waals surface area contributed by atoms with E-state index in [1.807, 2.05) is 33.0 Å². The number of sulfonamides is 1. The van der Waals surface area contributed by atoms with Crippen molar-refractivity contribution < 1.29 is 32.3 Å². The third-order valence-corrected chi connectivity index (χ3v) is 10.8. The minimum atomic E-state index is -4.07. The van der Waals surface area contributed by atoms with Crippen LogP contribution in [0.1, 0.15) is 67.4 Å². The zero-order valence-electron chi connectivity index (χ0n) is 28.3. The smallest absolute Gasteiger partial charge is 0.267 e. The molecule has 1 aromatic heterocycles. The van der Waals surface area contributed by atoms with Crippen LogP contribution >= 0.6 is 23.2 Å². The molecule has 3 aromatic rings. The predicted molar refractivity (Wildman–Crippen MR) is 186 cm³/mol. The van der Waals surface area contributed by atoms with Gasteiger partial charge in [-0.1, -0.05) is 41.3 Å². The normalized spacial score (nSPS) is 20.6. The van der Waals surface area contributed by atoms with E-state index in [0.29, 0.717) is 35.5 Å². The lowest BCUT2D eigenvalue weighted by molar-refractivity contribution is -0.0177. The Morgan fingerprint density at radius 1 is 1.12 bits per heavy atom. The number of aliphatic hydroxyl groups excluding tert-OH is 1. The molecule has 11 nitrogen and oxygen atoms in total. The molecule has 0 saturated carbocycles. The Morgan fingerprint density at radius 2 is 1.88 bits per heavy atom. The fourth-order valence-electron chi connectivity index (χ4n) is 5.83. The molecule has 0 unspecified atom stereocenters. The van der Waals surface area contributed by atoms with Crippen LogP contribution in [0.4, 0.5) is 5.69 Å². The van der Waals surface area contributed by atoms with Crippen LogP contribution in [-0.4, -0.2) is 86.0 Å². The molecule has 264 valence electrons. The van der Waals surface area contributed by atoms with Gasteiger partial charge in [0.05, 0.1) is 40.5 Å². The quantitative estimate of drug-likeness (QED) is 0.260. The molecule has 2 N–H and O–H groups in total. The first-order valence-corrected chi connectivity index (χ1v) is 18.4. The number of likely N-dealkylation sites (N-methyl/N-ethyl adjacent to an activating group) is 1. The predicted octanol–water partition coefficient (Wildman–Crippen LogP) is 6.33. The molecule has 0 fully saturated rings. The molecule has 2 heterocycles. The highest BCUT2D eigenvalue weighted by molar-refractivity contribution is 7.92. The summed E-state index contributed by atoms with van der Waals surface area (Å²) in [7, 11) is -2.07. The maximum atomic E-state index is 14.4. The number of anilines is 1. The van der Waals surface area contributed by atoms with Crippen molar-refractivity contribution in [3.63, 3.8) is 0 Å². The fraction of sp³-hybridized carbons (Fsp3) is 0.529. The number of aromatic nitrogens is 1. The molecule has 48 heavy (non-hydrogen) atoms. The number of carbonyl (C=O) groups is 1. The summed E-state index contributed by atoms with van der Waals surface area (Å²) in [5, 5.41) is 15.0. The second-order valence-corrected chi connectivity index (χ2v) is 15.1. The lowest BCUT2D eigenvalue weighted by Gasteiger charge is -2.36. The van der Waals surface area contributed by atoms with Crippen molar-refractivity contribution in [2.75, 3.05) is 38.1 Å². The first-order chi connectivity index (χ1) is 22.7. The van der Waals surface area contributed by atoms with Crippen molar-refractivity contribution in [3.8, 4) is 5.75 Å². The lowest BCUT2D eigenvalue weighted by Crippen LogP contribution is -2.47. The first kappa shape index (κ1) is 37.9. The van der Waals surface area contributed by atoms with Crippen LogP contribution in [0.15, 0.2) is 45.8 Å². The first-order valence-electron chi connectivity index (χ1n) is 16.1. The Bertz CT molecular complexity index is 1650. The van der Waals surface area contributed by atoms with E-state index in [1.54, 1.807) is 36.9 Å². The topological polar surface area (TPSA) is 134 Å². The van der Waals surface area contributed by atoms with Crippen molar-refractivity contribution >= 4 is 44.8 Å². The number of fused-ring (bicyclic) bond motifs is 1. The van der Waals surface area contributed by atoms with Crippen molar-refractivity contribution in [2.45, 2.75) is 83.6 Å². The highest BCUT2D eigenvalue weighted by Gasteiger charge is 2.31. The van der Waals surface area contributed by atoms with Crippen LogP contribution in [0.5, 0.6) is 5.75 Å². The number of benzene rings is 2. The average Bonchev–Trinajstić information content (AvgIpc) is 3.38. The highest BCUT2D eigenvalue weighted by atomic mass is 35.5. The highest BCUT2D eigenvalue weighted by Crippen LogP contribution is 2.31. The van der Waals surface area contributed by atoms with Crippen LogP contribution in [-0.2, 0) is 21.3 Å². The standard InChI is InChI=1S/C34H46Cl2N4O7S/c1-21-17-40(22(2)20-41)34(42)28-16-27(38-48(43,44)33-24(4)37-47-25(33)5)11-13-31(28)46-23(3)9-7-8-14-45-32(21)19-39(6)18-26-10-12-29(35)30(36)15-26/h10-13,15-16,21-23,32,38,41H,7-9,14,17-20H2,1-6H3/t21-,22+,23-,32+/m0/s1. The van der Waals surface area contributed by atoms with E-state index in [-0.39, 0.29) is 58.9 Å². The molecule has 1 amide bonds. The Morgan fingerprint density at radius 3 is 2.54 bits per heavy atom. The summed E-state index contributed by atoms with van der Waals surface area (Å²) in [5.74, 6) is -0.0414. The SMILES string of the molecule is Cc1noc(C)c1S(=O)(=O)Nc1ccc2c(c1)C(=O)N([C@H](C)CO)C[C@H](C)[C@@H](CN(C)Cc1ccc(Cl)c(Cl)c1)OCCCC[C@H](C)O2. The van der Waals surface area contributed by atoms with Gasteiger partial charge in [-0.2, -0.15) is 0 Å². The van der Waals surface area contributed by atoms with Gasteiger partial charge in [-0.25, -0.2) is 8.42 Å². The number of nitrogens with one attached hydrogen (secondary N) is 1. The largest absolute Gasteiger partial charge is 0.490 e. The minimum Gasteiger partial charge on any atom is -0.490 e. The van der Waals surface area contributed by atoms with Crippen molar-refractivity contribution in [1.82, 2.24) is 15.0 Å². The number of carbonyl (C=O) groups excluding carboxylic acids is 1. The van der Waals surface area contributed by atoms with E-state index in [0.717, 1.165) is 24.8 Å². The Balaban J connectivity index is 1.65. The number of rotatable bonds is 9. The molecule has 0 aliphatic carbocycles. The van der Waals surface area contributed by atoms with Gasteiger partial charge < -0.3 is 24.0 Å². The number of hydrogen-bond acceptors (Lipinski definition) is 9. The van der Waals surface area contributed by atoms with Gasteiger partial charge in [0.25, 0.3) is 15.9 Å². The third-order valence-electron chi connectivity index (χ3n) is 8.47. The van der Waals surface area contributed by atoms with Crippen LogP contribution in [0.25, 0.3) is 0 Å². The lowest BCUT2D eigenvalue weighted by atomic mass is 10.0. The van der Waals surface area contributed by atoms with Crippen molar-refractivity contribution in [1.29, 1.82) is 0 Å². The summed E-state index contributed by atoms with van der Waals surface area (Å²) in [6, 6.07) is 9.68. The molecule has 0 spiro atoms. The van der Waals surface area contributed by atoms with E-state index in [1.165, 1.54) is 13.0 Å². The molecule has 14 heteroatoms. The van der Waals surface area contributed by atoms with Gasteiger partial charge in [-0.05, 0) is 89.9 Å². The Hall–Kier alpha value is -2.87. The number of aliphatic hydroxyl groups is 1. The van der Waals surface area contributed by atoms with E-state index in [4.69, 9.17) is 37.2 Å². The van der Waals surface area contributed by atoms with Gasteiger partial charge in [0.1, 0.15) is 11.4 Å². The maximum Gasteiger partial charge on any atom is 0.267 e. The minimum absolute atomic E-state index is 0.0571. The number of halogens is 2. The van der Waals surface area contributed by atoms with Gasteiger partial charge in [-0.15, -0.1) is 0 Å². The number of aryl methyl sites for hydroxylation is 2. The van der Waals surface area contributed by atoms with Crippen LogP contribution in [0.2, 0.25) is 10.0 Å². The fourth-order valence-corrected chi connectivity index (χ4v) is 7.54. The van der Waals surface area contributed by atoms with E-state index >= 15 is 0 Å². The summed E-state index contributed by atoms with van der Waals surface area (Å²) in [6.45, 7) is 10.6. The molecular weight excluding hydrogens is 679 g/mol. The Kier molecular flexibility index (Phi) is 13.2. The van der Waals surface area contributed by atoms with E-state index in [9.17, 15) is 18.3 Å². The summed E-state index contributed by atoms with van der Waals surface area (Å²) in [5.41, 5.74) is 1.59. The van der Waals surface area contributed by atoms with Crippen molar-refractivity contribution in [2.24, 2.45) is 5.92 Å². The number of hydrogen-bond donors (Lipinski definition) is 2. The Labute approximate surface area is 293 Å². The molecule has 2 aromatic carbocycles. The zero-order valence-corrected chi connectivity index (χ0v) is 30.7. The van der Waals surface area contributed by atoms with Gasteiger partial charge in [0.2, 0.25) is 0 Å². The molecule has 0 bridgehead atoms. The summed E-state index contributed by atoms with van der Waals surface area (Å²) in [4.78, 5) is 18.1. The summed E-state index contributed by atoms with van der Waals surface area (Å²) < 4.78 is 47.0. The molecule has 0 radical (unpaired) electrons. The van der Waals surface area contributed by atoms with Gasteiger partial charge >= 0.3 is 0 Å². The molecule has 1 aliphatic rings. The third kappa shape index (κ3) is 9.64. The second kappa shape index (κ2) is 16.7. The molecule has 0 saturated heterocycles. The summed E-state index contributed by atoms with van der Waals surface area (Å²) >= 11 is 12.4. The average molecular weight is 726 g/mol. The van der Waals surface area contributed by atoms with E-state index < -0.39 is 22.0 Å². The molecular formula is C34H46Cl2N4O7S. The number of ether oxygens (including phenoxy) is 2. The van der Waals surface area contributed by atoms with Gasteiger partial charge in [-0.3, -0.25) is 14.4 Å². The van der Waals surface area contributed by atoms with E-state index in [2.05, 4.69) is 14.8 Å². The van der Waals surface area contributed by atoms with Crippen LogP contribution in [0, 0.1) is 19.8 Å². The molecule has 1 aliphatic heterocycles. The van der Waals surface area contributed by atoms with Gasteiger partial charge in [0.15, 0.2) is 10.7 Å². The molecule has 4 atom stereocenters. The maximum absolute atomic E-state index is 14.4. The number of amides is 1. The van der Waals surface area contributed by atoms with Crippen molar-refractivity contribution in [3.05, 3.63) is 69.0 Å². The van der Waals surface area contributed by atoms with Crippen LogP contribution in [0.3, 0.4) is 0 Å². The van der Waals surface area contributed by atoms with Gasteiger partial charge in [0, 0.05) is 37.8 Å². The number of nitrogens with zero attached hydrogens (tertiary/aromatic N) is 3. The molecule has 4 rings (SSSR count).